The average molecular weight is 210 g/mol. The number of nitrogens with zero attached hydrogens (tertiary/aromatic N) is 1. The highest BCUT2D eigenvalue weighted by molar-refractivity contribution is 6.35. The summed E-state index contributed by atoms with van der Waals surface area (Å²) >= 11 is 11.1. The van der Waals surface area contributed by atoms with Crippen molar-refractivity contribution in [1.29, 1.82) is 0 Å². The molecule has 1 atom stereocenters. The quantitative estimate of drug-likeness (QED) is 0.722. The summed E-state index contributed by atoms with van der Waals surface area (Å²) in [5.74, 6) is -0.822. The van der Waals surface area contributed by atoms with Crippen molar-refractivity contribution in [3.05, 3.63) is 27.8 Å². The van der Waals surface area contributed by atoms with E-state index in [1.807, 2.05) is 0 Å². The third kappa shape index (κ3) is 1.68. The standard InChI is InChI=1S/C7H6Cl2FNO/c1-3(12)5-4(8)2-11-7(10)6(5)9/h2-3,12H,1H3/t3-/m1/s1. The molecule has 1 aromatic rings. The molecule has 0 bridgehead atoms. The van der Waals surface area contributed by atoms with Crippen molar-refractivity contribution in [2.45, 2.75) is 13.0 Å². The van der Waals surface area contributed by atoms with E-state index in [0.29, 0.717) is 0 Å². The highest BCUT2D eigenvalue weighted by Crippen LogP contribution is 2.30. The van der Waals surface area contributed by atoms with Gasteiger partial charge in [-0.05, 0) is 6.92 Å². The number of aliphatic hydroxyl groups is 1. The number of hydrogen-bond acceptors (Lipinski definition) is 2. The minimum Gasteiger partial charge on any atom is -0.389 e. The summed E-state index contributed by atoms with van der Waals surface area (Å²) < 4.78 is 12.7. The van der Waals surface area contributed by atoms with Crippen LogP contribution in [0.5, 0.6) is 0 Å². The molecule has 0 amide bonds. The van der Waals surface area contributed by atoms with Crippen LogP contribution in [-0.4, -0.2) is 10.1 Å². The van der Waals surface area contributed by atoms with Gasteiger partial charge in [0.15, 0.2) is 0 Å². The number of rotatable bonds is 1. The predicted molar refractivity (Wildman–Crippen MR) is 44.8 cm³/mol. The monoisotopic (exact) mass is 209 g/mol. The van der Waals surface area contributed by atoms with Crippen LogP contribution in [0.1, 0.15) is 18.6 Å². The molecule has 1 rings (SSSR count). The molecule has 0 aliphatic heterocycles. The Hall–Kier alpha value is -0.380. The molecule has 0 aliphatic rings. The van der Waals surface area contributed by atoms with Gasteiger partial charge < -0.3 is 5.11 Å². The zero-order chi connectivity index (χ0) is 9.30. The largest absolute Gasteiger partial charge is 0.389 e. The van der Waals surface area contributed by atoms with Gasteiger partial charge in [-0.25, -0.2) is 4.98 Å². The summed E-state index contributed by atoms with van der Waals surface area (Å²) in [6.45, 7) is 1.45. The first-order valence-corrected chi connectivity index (χ1v) is 3.97. The highest BCUT2D eigenvalue weighted by Gasteiger charge is 2.15. The van der Waals surface area contributed by atoms with Gasteiger partial charge in [0.25, 0.3) is 0 Å². The van der Waals surface area contributed by atoms with Crippen LogP contribution in [0, 0.1) is 5.95 Å². The molecule has 0 unspecified atom stereocenters. The Balaban J connectivity index is 3.33. The minimum atomic E-state index is -0.900. The van der Waals surface area contributed by atoms with E-state index < -0.39 is 12.1 Å². The van der Waals surface area contributed by atoms with E-state index in [4.69, 9.17) is 28.3 Å². The zero-order valence-corrected chi connectivity index (χ0v) is 7.69. The van der Waals surface area contributed by atoms with E-state index in [0.717, 1.165) is 6.20 Å². The summed E-state index contributed by atoms with van der Waals surface area (Å²) in [5.41, 5.74) is 0.172. The van der Waals surface area contributed by atoms with Gasteiger partial charge in [0, 0.05) is 11.8 Å². The van der Waals surface area contributed by atoms with Crippen LogP contribution in [0.25, 0.3) is 0 Å². The summed E-state index contributed by atoms with van der Waals surface area (Å²) in [7, 11) is 0. The lowest BCUT2D eigenvalue weighted by Gasteiger charge is -2.08. The van der Waals surface area contributed by atoms with Crippen molar-refractivity contribution < 1.29 is 9.50 Å². The molecule has 12 heavy (non-hydrogen) atoms. The first kappa shape index (κ1) is 9.71. The molecule has 1 aromatic heterocycles. The van der Waals surface area contributed by atoms with Gasteiger partial charge >= 0.3 is 0 Å². The van der Waals surface area contributed by atoms with Gasteiger partial charge in [-0.1, -0.05) is 23.2 Å². The van der Waals surface area contributed by atoms with Crippen molar-refractivity contribution >= 4 is 23.2 Å². The maximum absolute atomic E-state index is 12.7. The molecule has 0 fully saturated rings. The molecule has 1 heterocycles. The van der Waals surface area contributed by atoms with E-state index >= 15 is 0 Å². The van der Waals surface area contributed by atoms with Crippen LogP contribution in [0.3, 0.4) is 0 Å². The fourth-order valence-electron chi connectivity index (χ4n) is 0.838. The Morgan fingerprint density at radius 3 is 2.58 bits per heavy atom. The van der Waals surface area contributed by atoms with Crippen molar-refractivity contribution in [1.82, 2.24) is 4.98 Å². The van der Waals surface area contributed by atoms with Crippen molar-refractivity contribution in [3.63, 3.8) is 0 Å². The predicted octanol–water partition coefficient (Wildman–Crippen LogP) is 2.58. The second kappa shape index (κ2) is 3.56. The topological polar surface area (TPSA) is 33.1 Å². The molecular weight excluding hydrogens is 204 g/mol. The van der Waals surface area contributed by atoms with Gasteiger partial charge in [-0.3, -0.25) is 0 Å². The van der Waals surface area contributed by atoms with E-state index in [1.165, 1.54) is 6.92 Å². The molecular formula is C7H6Cl2FNO. The number of halogens is 3. The van der Waals surface area contributed by atoms with Crippen LogP contribution in [0.15, 0.2) is 6.20 Å². The van der Waals surface area contributed by atoms with Gasteiger partial charge in [0.2, 0.25) is 5.95 Å². The Kier molecular flexibility index (Phi) is 2.88. The number of aliphatic hydroxyl groups excluding tert-OH is 1. The molecule has 1 N–H and O–H groups in total. The van der Waals surface area contributed by atoms with Crippen LogP contribution in [0.2, 0.25) is 10.0 Å². The van der Waals surface area contributed by atoms with Crippen LogP contribution in [0.4, 0.5) is 4.39 Å². The molecule has 0 spiro atoms. The summed E-state index contributed by atoms with van der Waals surface area (Å²) in [6, 6.07) is 0. The average Bonchev–Trinajstić information content (AvgIpc) is 1.97. The molecule has 0 saturated carbocycles. The molecule has 0 radical (unpaired) electrons. The Morgan fingerprint density at radius 1 is 1.58 bits per heavy atom. The second-order valence-corrected chi connectivity index (χ2v) is 3.09. The third-order valence-electron chi connectivity index (χ3n) is 1.38. The smallest absolute Gasteiger partial charge is 0.232 e. The van der Waals surface area contributed by atoms with Crippen molar-refractivity contribution in [2.75, 3.05) is 0 Å². The lowest BCUT2D eigenvalue weighted by Crippen LogP contribution is -1.97. The minimum absolute atomic E-state index is 0.163. The Labute approximate surface area is 78.9 Å². The van der Waals surface area contributed by atoms with Gasteiger partial charge in [0.05, 0.1) is 11.1 Å². The lowest BCUT2D eigenvalue weighted by molar-refractivity contribution is 0.199. The normalized spacial score (nSPS) is 13.1. The molecule has 2 nitrogen and oxygen atoms in total. The van der Waals surface area contributed by atoms with Gasteiger partial charge in [-0.15, -0.1) is 0 Å². The van der Waals surface area contributed by atoms with Crippen molar-refractivity contribution in [2.24, 2.45) is 0 Å². The van der Waals surface area contributed by atoms with E-state index in [-0.39, 0.29) is 15.6 Å². The summed E-state index contributed by atoms with van der Waals surface area (Å²) in [4.78, 5) is 3.28. The summed E-state index contributed by atoms with van der Waals surface area (Å²) in [5, 5.41) is 9.09. The first-order valence-electron chi connectivity index (χ1n) is 3.21. The van der Waals surface area contributed by atoms with E-state index in [2.05, 4.69) is 4.98 Å². The van der Waals surface area contributed by atoms with E-state index in [9.17, 15) is 4.39 Å². The Morgan fingerprint density at radius 2 is 2.17 bits per heavy atom. The van der Waals surface area contributed by atoms with Crippen LogP contribution in [-0.2, 0) is 0 Å². The molecule has 66 valence electrons. The molecule has 0 aliphatic carbocycles. The van der Waals surface area contributed by atoms with Gasteiger partial charge in [0.1, 0.15) is 5.02 Å². The van der Waals surface area contributed by atoms with Gasteiger partial charge in [-0.2, -0.15) is 4.39 Å². The molecule has 5 heteroatoms. The second-order valence-electron chi connectivity index (χ2n) is 2.30. The SMILES string of the molecule is C[C@@H](O)c1c(Cl)cnc(F)c1Cl. The summed E-state index contributed by atoms with van der Waals surface area (Å²) in [6.07, 6.45) is 0.215. The van der Waals surface area contributed by atoms with Crippen LogP contribution >= 0.6 is 23.2 Å². The molecule has 0 saturated heterocycles. The van der Waals surface area contributed by atoms with E-state index in [1.54, 1.807) is 0 Å². The van der Waals surface area contributed by atoms with Crippen LogP contribution < -0.4 is 0 Å². The first-order chi connectivity index (χ1) is 5.54. The number of aromatic nitrogens is 1. The molecule has 0 aromatic carbocycles. The number of pyridine rings is 1. The lowest BCUT2D eigenvalue weighted by atomic mass is 10.2. The third-order valence-corrected chi connectivity index (χ3v) is 2.04. The van der Waals surface area contributed by atoms with Crippen molar-refractivity contribution in [3.8, 4) is 0 Å². The maximum Gasteiger partial charge on any atom is 0.232 e. The zero-order valence-electron chi connectivity index (χ0n) is 6.18. The fraction of sp³-hybridized carbons (Fsp3) is 0.286. The highest BCUT2D eigenvalue weighted by atomic mass is 35.5. The Bertz CT molecular complexity index is 304. The fourth-order valence-corrected chi connectivity index (χ4v) is 1.50. The maximum atomic E-state index is 12.7. The number of hydrogen-bond donors (Lipinski definition) is 1.